The van der Waals surface area contributed by atoms with Gasteiger partial charge >= 0.3 is 0 Å². The van der Waals surface area contributed by atoms with Crippen LogP contribution in [0.5, 0.6) is 0 Å². The monoisotopic (exact) mass is 1100 g/mol. The number of rotatable bonds is 22. The summed E-state index contributed by atoms with van der Waals surface area (Å²) in [6.07, 6.45) is 12.3. The lowest BCUT2D eigenvalue weighted by Crippen LogP contribution is -2.22. The Morgan fingerprint density at radius 3 is 0.683 bits per heavy atom. The van der Waals surface area contributed by atoms with E-state index in [9.17, 15) is 0 Å². The molecule has 4 fully saturated rings. The number of anilines is 6. The normalized spacial score (nSPS) is 19.9. The molecule has 0 bridgehead atoms. The van der Waals surface area contributed by atoms with Gasteiger partial charge in [0.2, 0.25) is 0 Å². The van der Waals surface area contributed by atoms with Crippen LogP contribution in [0.15, 0.2) is 170 Å². The Morgan fingerprint density at radius 2 is 0.488 bits per heavy atom. The van der Waals surface area contributed by atoms with Gasteiger partial charge in [-0.15, -0.1) is 0 Å². The molecule has 11 rings (SSSR count). The fourth-order valence-electron chi connectivity index (χ4n) is 11.7. The second kappa shape index (κ2) is 27.5. The third kappa shape index (κ3) is 14.6. The molecule has 0 aromatic heterocycles. The van der Waals surface area contributed by atoms with E-state index in [-0.39, 0.29) is 36.0 Å². The van der Waals surface area contributed by atoms with Crippen LogP contribution in [0.25, 0.3) is 0 Å². The Labute approximate surface area is 487 Å². The summed E-state index contributed by atoms with van der Waals surface area (Å²) in [7, 11) is 0. The van der Waals surface area contributed by atoms with Crippen molar-refractivity contribution in [3.05, 3.63) is 214 Å². The smallest absolute Gasteiger partial charge is 0.158 e. The molecule has 4 aliphatic rings. The van der Waals surface area contributed by atoms with Gasteiger partial charge in [-0.3, -0.25) is 0 Å². The molecule has 10 nitrogen and oxygen atoms in total. The molecule has 4 unspecified atom stereocenters. The summed E-state index contributed by atoms with van der Waals surface area (Å²) in [6, 6.07) is 62.3. The standard InChI is InChI=1S/C72H84N2O8/c1-71(2,59-29-41-65(42-30-59)73(61-33-17-53(18-34-61)49-79-67-13-5-9-45-75-67)62-35-19-54(20-36-62)50-80-68-14-6-10-46-76-68)57-25-27-58(28-26-57)72(3,4)60-31-43-66(44-32-60)74(63-37-21-55(22-38-63)51-81-69-15-7-11-47-77-69)64-39-23-56(24-40-64)52-82-70-16-8-12-48-78-70/h17-44,67-70H,5-16,45-52H2,1-4H3. The largest absolute Gasteiger partial charge is 0.353 e. The molecule has 7 aromatic rings. The van der Waals surface area contributed by atoms with E-state index in [1.54, 1.807) is 0 Å². The zero-order chi connectivity index (χ0) is 56.1. The van der Waals surface area contributed by atoms with Crippen LogP contribution in [0.4, 0.5) is 34.1 Å². The second-order valence-electron chi connectivity index (χ2n) is 23.7. The van der Waals surface area contributed by atoms with Gasteiger partial charge in [0.1, 0.15) is 0 Å². The van der Waals surface area contributed by atoms with E-state index >= 15 is 0 Å². The fraction of sp³-hybridized carbons (Fsp3) is 0.417. The molecule has 0 spiro atoms. The highest BCUT2D eigenvalue weighted by Crippen LogP contribution is 2.41. The number of hydrogen-bond donors (Lipinski definition) is 0. The summed E-state index contributed by atoms with van der Waals surface area (Å²) >= 11 is 0. The van der Waals surface area contributed by atoms with Crippen molar-refractivity contribution in [1.82, 2.24) is 0 Å². The second-order valence-corrected chi connectivity index (χ2v) is 23.7. The lowest BCUT2D eigenvalue weighted by Gasteiger charge is -2.31. The first-order chi connectivity index (χ1) is 40.1. The molecular formula is C72H84N2O8. The maximum Gasteiger partial charge on any atom is 0.158 e. The minimum Gasteiger partial charge on any atom is -0.353 e. The van der Waals surface area contributed by atoms with Crippen LogP contribution in [0, 0.1) is 0 Å². The zero-order valence-corrected chi connectivity index (χ0v) is 48.8. The predicted octanol–water partition coefficient (Wildman–Crippen LogP) is 17.5. The SMILES string of the molecule is CC(C)(c1ccc(N(c2ccc(COC3CCCCO3)cc2)c2ccc(COC3CCCCO3)cc2)cc1)c1ccc(C(C)(C)c2ccc(N(c3ccc(COC4CCCCO4)cc3)c3ccc(COC4CCCCO4)cc3)cc2)cc1. The Kier molecular flexibility index (Phi) is 19.3. The zero-order valence-electron chi connectivity index (χ0n) is 48.8. The van der Waals surface area contributed by atoms with E-state index in [1.807, 2.05) is 0 Å². The van der Waals surface area contributed by atoms with Gasteiger partial charge in [-0.1, -0.05) is 125 Å². The van der Waals surface area contributed by atoms with Crippen LogP contribution in [-0.4, -0.2) is 51.6 Å². The van der Waals surface area contributed by atoms with Gasteiger partial charge in [0.25, 0.3) is 0 Å². The third-order valence-corrected chi connectivity index (χ3v) is 17.1. The van der Waals surface area contributed by atoms with Crippen molar-refractivity contribution in [3.63, 3.8) is 0 Å². The Bertz CT molecular complexity index is 2690. The summed E-state index contributed by atoms with van der Waals surface area (Å²) in [4.78, 5) is 4.65. The van der Waals surface area contributed by atoms with Gasteiger partial charge in [-0.2, -0.15) is 0 Å². The topological polar surface area (TPSA) is 80.3 Å². The van der Waals surface area contributed by atoms with Gasteiger partial charge in [0.15, 0.2) is 25.2 Å². The minimum atomic E-state index is -0.255. The number of benzene rings is 7. The maximum absolute atomic E-state index is 6.15. The van der Waals surface area contributed by atoms with E-state index in [1.165, 1.54) is 22.3 Å². The van der Waals surface area contributed by atoms with Crippen LogP contribution in [0.3, 0.4) is 0 Å². The molecule has 7 aromatic carbocycles. The Morgan fingerprint density at radius 1 is 0.293 bits per heavy atom. The van der Waals surface area contributed by atoms with E-state index in [4.69, 9.17) is 37.9 Å². The first kappa shape index (κ1) is 57.6. The van der Waals surface area contributed by atoms with E-state index in [0.717, 1.165) is 160 Å². The maximum atomic E-state index is 6.15. The molecule has 430 valence electrons. The van der Waals surface area contributed by atoms with E-state index in [0.29, 0.717) is 26.4 Å². The van der Waals surface area contributed by atoms with E-state index in [2.05, 4.69) is 207 Å². The van der Waals surface area contributed by atoms with Crippen LogP contribution in [-0.2, 0) is 75.2 Å². The van der Waals surface area contributed by atoms with Gasteiger partial charge in [-0.25, -0.2) is 0 Å². The van der Waals surface area contributed by atoms with Gasteiger partial charge in [0, 0.05) is 71.4 Å². The van der Waals surface area contributed by atoms with Crippen LogP contribution >= 0.6 is 0 Å². The quantitative estimate of drug-likeness (QED) is 0.0655. The first-order valence-corrected chi connectivity index (χ1v) is 30.3. The Balaban J connectivity index is 0.789. The van der Waals surface area contributed by atoms with Gasteiger partial charge in [0.05, 0.1) is 26.4 Å². The molecular weight excluding hydrogens is 1020 g/mol. The van der Waals surface area contributed by atoms with Crippen LogP contribution in [0.2, 0.25) is 0 Å². The van der Waals surface area contributed by atoms with E-state index < -0.39 is 0 Å². The van der Waals surface area contributed by atoms with Gasteiger partial charge in [-0.05, 0) is 194 Å². The molecule has 4 aliphatic heterocycles. The highest BCUT2D eigenvalue weighted by molar-refractivity contribution is 5.78. The number of ether oxygens (including phenoxy) is 8. The average Bonchev–Trinajstić information content (AvgIpc) is 3.73. The van der Waals surface area contributed by atoms with Gasteiger partial charge < -0.3 is 47.7 Å². The summed E-state index contributed by atoms with van der Waals surface area (Å²) in [5, 5.41) is 0. The Hall–Kier alpha value is -6.18. The van der Waals surface area contributed by atoms with Crippen molar-refractivity contribution in [1.29, 1.82) is 0 Å². The highest BCUT2D eigenvalue weighted by atomic mass is 16.7. The predicted molar refractivity (Wildman–Crippen MR) is 326 cm³/mol. The molecule has 0 saturated carbocycles. The summed E-state index contributed by atoms with van der Waals surface area (Å²) in [6.45, 7) is 14.5. The van der Waals surface area contributed by atoms with Crippen molar-refractivity contribution in [2.45, 2.75) is 167 Å². The summed E-state index contributed by atoms with van der Waals surface area (Å²) < 4.78 is 48.0. The lowest BCUT2D eigenvalue weighted by atomic mass is 9.74. The van der Waals surface area contributed by atoms with Crippen molar-refractivity contribution in [2.75, 3.05) is 36.2 Å². The number of hydrogen-bond acceptors (Lipinski definition) is 10. The first-order valence-electron chi connectivity index (χ1n) is 30.3. The number of nitrogens with zero attached hydrogens (tertiary/aromatic N) is 2. The molecule has 0 N–H and O–H groups in total. The molecule has 4 saturated heterocycles. The van der Waals surface area contributed by atoms with Crippen molar-refractivity contribution < 1.29 is 37.9 Å². The molecule has 82 heavy (non-hydrogen) atoms. The lowest BCUT2D eigenvalue weighted by molar-refractivity contribution is -0.169. The van der Waals surface area contributed by atoms with Crippen LogP contribution in [0.1, 0.15) is 149 Å². The van der Waals surface area contributed by atoms with Crippen molar-refractivity contribution in [2.24, 2.45) is 0 Å². The fourth-order valence-corrected chi connectivity index (χ4v) is 11.7. The van der Waals surface area contributed by atoms with Crippen molar-refractivity contribution in [3.8, 4) is 0 Å². The molecule has 0 radical (unpaired) electrons. The third-order valence-electron chi connectivity index (χ3n) is 17.1. The summed E-state index contributed by atoms with van der Waals surface area (Å²) in [5.41, 5.74) is 15.4. The van der Waals surface area contributed by atoms with Crippen molar-refractivity contribution >= 4 is 34.1 Å². The highest BCUT2D eigenvalue weighted by Gasteiger charge is 2.28. The minimum absolute atomic E-state index is 0.125. The average molecular weight is 1110 g/mol. The van der Waals surface area contributed by atoms with Crippen LogP contribution < -0.4 is 9.80 Å². The molecule has 10 heteroatoms. The molecule has 4 atom stereocenters. The molecule has 0 amide bonds. The molecule has 4 heterocycles. The summed E-state index contributed by atoms with van der Waals surface area (Å²) in [5.74, 6) is 0. The molecule has 0 aliphatic carbocycles.